The van der Waals surface area contributed by atoms with Crippen LogP contribution in [0.2, 0.25) is 0 Å². The molecule has 0 atom stereocenters. The van der Waals surface area contributed by atoms with Gasteiger partial charge in [-0.1, -0.05) is 24.3 Å². The van der Waals surface area contributed by atoms with Crippen molar-refractivity contribution in [2.45, 2.75) is 38.0 Å². The van der Waals surface area contributed by atoms with E-state index < -0.39 is 5.41 Å². The van der Waals surface area contributed by atoms with Gasteiger partial charge in [-0.25, -0.2) is 0 Å². The van der Waals surface area contributed by atoms with Gasteiger partial charge in [0.2, 0.25) is 12.7 Å². The maximum atomic E-state index is 13.3. The number of hydrogen-bond acceptors (Lipinski definition) is 4. The van der Waals surface area contributed by atoms with Crippen LogP contribution in [0.4, 0.5) is 5.69 Å². The molecule has 0 bridgehead atoms. The van der Waals surface area contributed by atoms with E-state index in [1.807, 2.05) is 67.6 Å². The van der Waals surface area contributed by atoms with E-state index in [2.05, 4.69) is 10.6 Å². The number of ether oxygens (including phenoxy) is 2. The van der Waals surface area contributed by atoms with Gasteiger partial charge in [-0.3, -0.25) is 9.59 Å². The SMILES string of the molecule is Cc1ccc(NC(=O)C2(c3ccc4c(c3)OCO4)CC2)cc1-c1ccc(C(=O)NCC2CC2)cc1. The lowest BCUT2D eigenvalue weighted by Crippen LogP contribution is -2.27. The monoisotopic (exact) mass is 468 g/mol. The number of nitrogens with one attached hydrogen (secondary N) is 2. The molecule has 0 aromatic heterocycles. The number of aryl methyl sites for hydroxylation is 1. The van der Waals surface area contributed by atoms with Crippen molar-refractivity contribution in [3.8, 4) is 22.6 Å². The lowest BCUT2D eigenvalue weighted by molar-refractivity contribution is -0.118. The van der Waals surface area contributed by atoms with E-state index in [1.54, 1.807) is 0 Å². The minimum Gasteiger partial charge on any atom is -0.454 e. The van der Waals surface area contributed by atoms with Crippen molar-refractivity contribution in [1.82, 2.24) is 5.32 Å². The third kappa shape index (κ3) is 4.25. The molecule has 6 nitrogen and oxygen atoms in total. The van der Waals surface area contributed by atoms with Crippen molar-refractivity contribution in [1.29, 1.82) is 0 Å². The normalized spacial score (nSPS) is 17.1. The van der Waals surface area contributed by atoms with Crippen LogP contribution >= 0.6 is 0 Å². The molecule has 6 heteroatoms. The molecule has 3 aliphatic rings. The average molecular weight is 469 g/mol. The van der Waals surface area contributed by atoms with Crippen molar-refractivity contribution in [3.05, 3.63) is 77.4 Å². The van der Waals surface area contributed by atoms with E-state index in [4.69, 9.17) is 9.47 Å². The van der Waals surface area contributed by atoms with Crippen LogP contribution < -0.4 is 20.1 Å². The molecule has 0 unspecified atom stereocenters. The minimum absolute atomic E-state index is 0.00569. The van der Waals surface area contributed by atoms with Crippen LogP contribution in [0.25, 0.3) is 11.1 Å². The van der Waals surface area contributed by atoms with Gasteiger partial charge in [0.15, 0.2) is 11.5 Å². The molecule has 2 amide bonds. The number of rotatable bonds is 7. The molecular formula is C29H28N2O4. The molecule has 2 saturated carbocycles. The summed E-state index contributed by atoms with van der Waals surface area (Å²) in [5, 5.41) is 6.14. The predicted molar refractivity (Wildman–Crippen MR) is 134 cm³/mol. The number of benzene rings is 3. The molecule has 2 fully saturated rings. The fraction of sp³-hybridized carbons (Fsp3) is 0.310. The maximum absolute atomic E-state index is 13.3. The second-order valence-electron chi connectivity index (χ2n) is 9.86. The van der Waals surface area contributed by atoms with Crippen LogP contribution in [0.5, 0.6) is 11.5 Å². The largest absolute Gasteiger partial charge is 0.454 e. The van der Waals surface area contributed by atoms with Gasteiger partial charge >= 0.3 is 0 Å². The molecule has 2 aliphatic carbocycles. The van der Waals surface area contributed by atoms with Gasteiger partial charge < -0.3 is 20.1 Å². The molecule has 0 radical (unpaired) electrons. The highest BCUT2D eigenvalue weighted by Crippen LogP contribution is 2.51. The van der Waals surface area contributed by atoms with Gasteiger partial charge in [0.1, 0.15) is 0 Å². The van der Waals surface area contributed by atoms with Crippen molar-refractivity contribution in [3.63, 3.8) is 0 Å². The van der Waals surface area contributed by atoms with Gasteiger partial charge in [-0.15, -0.1) is 0 Å². The van der Waals surface area contributed by atoms with E-state index in [0.29, 0.717) is 17.2 Å². The number of carbonyl (C=O) groups is 2. The first-order valence-electron chi connectivity index (χ1n) is 12.2. The molecule has 3 aromatic rings. The highest BCUT2D eigenvalue weighted by molar-refractivity contribution is 6.02. The smallest absolute Gasteiger partial charge is 0.251 e. The summed E-state index contributed by atoms with van der Waals surface area (Å²) in [6, 6.07) is 19.4. The number of carbonyl (C=O) groups excluding carboxylic acids is 2. The van der Waals surface area contributed by atoms with Crippen molar-refractivity contribution < 1.29 is 19.1 Å². The van der Waals surface area contributed by atoms with Gasteiger partial charge in [0.25, 0.3) is 5.91 Å². The first-order valence-corrected chi connectivity index (χ1v) is 12.2. The van der Waals surface area contributed by atoms with Gasteiger partial charge in [0.05, 0.1) is 5.41 Å². The highest BCUT2D eigenvalue weighted by atomic mass is 16.7. The maximum Gasteiger partial charge on any atom is 0.251 e. The molecule has 0 saturated heterocycles. The van der Waals surface area contributed by atoms with E-state index in [-0.39, 0.29) is 18.6 Å². The summed E-state index contributed by atoms with van der Waals surface area (Å²) in [6.45, 7) is 3.03. The standard InChI is InChI=1S/C29H28N2O4/c1-18-2-10-23(15-24(18)20-5-7-21(8-6-20)27(32)30-16-19-3-4-19)31-28(33)29(12-13-29)22-9-11-25-26(14-22)35-17-34-25/h2,5-11,14-15,19H,3-4,12-13,16-17H2,1H3,(H,30,32)(H,31,33). The number of hydrogen-bond donors (Lipinski definition) is 2. The highest BCUT2D eigenvalue weighted by Gasteiger charge is 2.51. The zero-order valence-corrected chi connectivity index (χ0v) is 19.7. The first-order chi connectivity index (χ1) is 17.0. The molecule has 1 heterocycles. The molecule has 2 N–H and O–H groups in total. The lowest BCUT2D eigenvalue weighted by Gasteiger charge is -2.17. The van der Waals surface area contributed by atoms with Crippen LogP contribution in [0.15, 0.2) is 60.7 Å². The zero-order chi connectivity index (χ0) is 24.0. The Bertz CT molecular complexity index is 1310. The second kappa shape index (κ2) is 8.45. The molecular weight excluding hydrogens is 440 g/mol. The number of amides is 2. The van der Waals surface area contributed by atoms with Crippen LogP contribution in [0.3, 0.4) is 0 Å². The Morgan fingerprint density at radius 3 is 2.46 bits per heavy atom. The summed E-state index contributed by atoms with van der Waals surface area (Å²) < 4.78 is 10.9. The Morgan fingerprint density at radius 2 is 1.71 bits per heavy atom. The van der Waals surface area contributed by atoms with E-state index in [9.17, 15) is 9.59 Å². The van der Waals surface area contributed by atoms with Gasteiger partial charge in [-0.05, 0) is 97.2 Å². The summed E-state index contributed by atoms with van der Waals surface area (Å²) in [7, 11) is 0. The van der Waals surface area contributed by atoms with E-state index in [0.717, 1.165) is 53.1 Å². The Balaban J connectivity index is 1.18. The quantitative estimate of drug-likeness (QED) is 0.500. The van der Waals surface area contributed by atoms with Crippen molar-refractivity contribution in [2.75, 3.05) is 18.7 Å². The van der Waals surface area contributed by atoms with E-state index in [1.165, 1.54) is 12.8 Å². The van der Waals surface area contributed by atoms with Crippen molar-refractivity contribution in [2.24, 2.45) is 5.92 Å². The minimum atomic E-state index is -0.526. The fourth-order valence-electron chi connectivity index (χ4n) is 4.69. The van der Waals surface area contributed by atoms with Crippen LogP contribution in [0.1, 0.15) is 47.2 Å². The molecule has 6 rings (SSSR count). The second-order valence-corrected chi connectivity index (χ2v) is 9.86. The lowest BCUT2D eigenvalue weighted by atomic mass is 9.94. The fourth-order valence-corrected chi connectivity index (χ4v) is 4.69. The molecule has 3 aromatic carbocycles. The molecule has 1 aliphatic heterocycles. The summed E-state index contributed by atoms with van der Waals surface area (Å²) in [5.41, 5.74) is 4.99. The summed E-state index contributed by atoms with van der Waals surface area (Å²) in [5.74, 6) is 2.04. The average Bonchev–Trinajstić information content (AvgIpc) is 3.81. The number of anilines is 1. The molecule has 0 spiro atoms. The Morgan fingerprint density at radius 1 is 0.943 bits per heavy atom. The third-order valence-corrected chi connectivity index (χ3v) is 7.31. The first kappa shape index (κ1) is 21.7. The Kier molecular flexibility index (Phi) is 5.24. The number of fused-ring (bicyclic) bond motifs is 1. The summed E-state index contributed by atoms with van der Waals surface area (Å²) in [6.07, 6.45) is 4.04. The summed E-state index contributed by atoms with van der Waals surface area (Å²) in [4.78, 5) is 25.7. The topological polar surface area (TPSA) is 76.7 Å². The zero-order valence-electron chi connectivity index (χ0n) is 19.7. The Hall–Kier alpha value is -3.80. The van der Waals surface area contributed by atoms with Gasteiger partial charge in [-0.2, -0.15) is 0 Å². The third-order valence-electron chi connectivity index (χ3n) is 7.31. The summed E-state index contributed by atoms with van der Waals surface area (Å²) >= 11 is 0. The van der Waals surface area contributed by atoms with Crippen LogP contribution in [-0.4, -0.2) is 25.2 Å². The van der Waals surface area contributed by atoms with Crippen molar-refractivity contribution >= 4 is 17.5 Å². The Labute approximate surface area is 204 Å². The van der Waals surface area contributed by atoms with Crippen LogP contribution in [-0.2, 0) is 10.2 Å². The van der Waals surface area contributed by atoms with Crippen LogP contribution in [0, 0.1) is 12.8 Å². The van der Waals surface area contributed by atoms with E-state index >= 15 is 0 Å². The molecule has 178 valence electrons. The van der Waals surface area contributed by atoms with Gasteiger partial charge in [0, 0.05) is 17.8 Å². The molecule has 35 heavy (non-hydrogen) atoms. The predicted octanol–water partition coefficient (Wildman–Crippen LogP) is 5.20.